The van der Waals surface area contributed by atoms with E-state index in [1.54, 1.807) is 18.1 Å². The van der Waals surface area contributed by atoms with Crippen LogP contribution in [0.25, 0.3) is 0 Å². The van der Waals surface area contributed by atoms with Crippen LogP contribution in [0.15, 0.2) is 54.6 Å². The summed E-state index contributed by atoms with van der Waals surface area (Å²) in [6, 6.07) is 17.0. The van der Waals surface area contributed by atoms with Crippen LogP contribution in [0.2, 0.25) is 0 Å². The van der Waals surface area contributed by atoms with Crippen molar-refractivity contribution in [3.63, 3.8) is 0 Å². The lowest BCUT2D eigenvalue weighted by Crippen LogP contribution is -2.44. The van der Waals surface area contributed by atoms with Crippen LogP contribution in [-0.2, 0) is 29.0 Å². The predicted molar refractivity (Wildman–Crippen MR) is 142 cm³/mol. The molecule has 1 aromatic heterocycles. The number of amides is 2. The zero-order chi connectivity index (χ0) is 25.9. The Balaban J connectivity index is 1.35. The van der Waals surface area contributed by atoms with Gasteiger partial charge in [0.05, 0.1) is 19.4 Å². The molecule has 0 saturated carbocycles. The molecule has 0 saturated heterocycles. The third-order valence-corrected chi connectivity index (χ3v) is 7.01. The molecule has 2 aromatic carbocycles. The van der Waals surface area contributed by atoms with Gasteiger partial charge in [0.2, 0.25) is 11.8 Å². The molecule has 1 atom stereocenters. The van der Waals surface area contributed by atoms with Crippen molar-refractivity contribution < 1.29 is 19.1 Å². The number of fused-ring (bicyclic) bond motifs is 2. The number of methoxy groups -OCH3 is 1. The molecule has 1 N–H and O–H groups in total. The average molecular weight is 501 g/mol. The molecule has 0 bridgehead atoms. The summed E-state index contributed by atoms with van der Waals surface area (Å²) in [6.45, 7) is 6.21. The SMILES string of the molecule is CCOc1ccccc1CN1CCc2cc(NC(=O)[C@H]3c4ccc(OC)nc4CCN3C(C)=O)ccc21. The second-order valence-electron chi connectivity index (χ2n) is 9.30. The van der Waals surface area contributed by atoms with Gasteiger partial charge >= 0.3 is 0 Å². The first-order valence-corrected chi connectivity index (χ1v) is 12.7. The van der Waals surface area contributed by atoms with E-state index in [-0.39, 0.29) is 11.8 Å². The molecule has 0 aliphatic carbocycles. The molecule has 0 spiro atoms. The Bertz CT molecular complexity index is 1330. The molecular weight excluding hydrogens is 468 g/mol. The minimum Gasteiger partial charge on any atom is -0.494 e. The molecule has 0 fully saturated rings. The van der Waals surface area contributed by atoms with Gasteiger partial charge in [-0.2, -0.15) is 0 Å². The first-order valence-electron chi connectivity index (χ1n) is 12.7. The minimum atomic E-state index is -0.737. The summed E-state index contributed by atoms with van der Waals surface area (Å²) >= 11 is 0. The number of carbonyl (C=O) groups is 2. The van der Waals surface area contributed by atoms with Gasteiger partial charge in [0.15, 0.2) is 0 Å². The molecule has 8 nitrogen and oxygen atoms in total. The molecule has 192 valence electrons. The quantitative estimate of drug-likeness (QED) is 0.525. The molecule has 37 heavy (non-hydrogen) atoms. The molecule has 3 heterocycles. The fraction of sp³-hybridized carbons (Fsp3) is 0.345. The van der Waals surface area contributed by atoms with Crippen LogP contribution in [0.1, 0.15) is 42.3 Å². The Hall–Kier alpha value is -4.07. The highest BCUT2D eigenvalue weighted by atomic mass is 16.5. The number of nitrogens with one attached hydrogen (secondary N) is 1. The van der Waals surface area contributed by atoms with Crippen LogP contribution >= 0.6 is 0 Å². The molecule has 3 aromatic rings. The van der Waals surface area contributed by atoms with Gasteiger partial charge in [0.1, 0.15) is 11.8 Å². The second-order valence-corrected chi connectivity index (χ2v) is 9.30. The molecule has 2 amide bonds. The molecule has 2 aliphatic heterocycles. The van der Waals surface area contributed by atoms with Crippen LogP contribution in [-0.4, -0.2) is 48.5 Å². The summed E-state index contributed by atoms with van der Waals surface area (Å²) in [7, 11) is 1.57. The number of aromatic nitrogens is 1. The Morgan fingerprint density at radius 3 is 2.70 bits per heavy atom. The van der Waals surface area contributed by atoms with Crippen molar-refractivity contribution >= 4 is 23.2 Å². The van der Waals surface area contributed by atoms with Crippen LogP contribution in [0.3, 0.4) is 0 Å². The maximum Gasteiger partial charge on any atom is 0.251 e. The third kappa shape index (κ3) is 4.96. The monoisotopic (exact) mass is 500 g/mol. The van der Waals surface area contributed by atoms with E-state index in [2.05, 4.69) is 27.3 Å². The molecule has 0 radical (unpaired) electrons. The highest BCUT2D eigenvalue weighted by molar-refractivity contribution is 5.98. The van der Waals surface area contributed by atoms with E-state index < -0.39 is 6.04 Å². The van der Waals surface area contributed by atoms with E-state index in [1.807, 2.05) is 43.3 Å². The number of para-hydroxylation sites is 1. The maximum absolute atomic E-state index is 13.5. The number of anilines is 2. The van der Waals surface area contributed by atoms with Crippen LogP contribution in [0.4, 0.5) is 11.4 Å². The smallest absolute Gasteiger partial charge is 0.251 e. The second kappa shape index (κ2) is 10.5. The molecule has 2 aliphatic rings. The Morgan fingerprint density at radius 2 is 1.92 bits per heavy atom. The minimum absolute atomic E-state index is 0.140. The van der Waals surface area contributed by atoms with Crippen molar-refractivity contribution in [2.24, 2.45) is 0 Å². The van der Waals surface area contributed by atoms with Crippen LogP contribution < -0.4 is 19.7 Å². The first-order chi connectivity index (χ1) is 18.0. The third-order valence-electron chi connectivity index (χ3n) is 7.01. The molecule has 8 heteroatoms. The fourth-order valence-corrected chi connectivity index (χ4v) is 5.26. The molecule has 0 unspecified atom stereocenters. The van der Waals surface area contributed by atoms with Crippen molar-refractivity contribution in [3.05, 3.63) is 77.0 Å². The number of ether oxygens (including phenoxy) is 2. The summed E-state index contributed by atoms with van der Waals surface area (Å²) in [5.74, 6) is 1.03. The van der Waals surface area contributed by atoms with Crippen molar-refractivity contribution in [1.29, 1.82) is 0 Å². The van der Waals surface area contributed by atoms with Gasteiger partial charge < -0.3 is 24.6 Å². The van der Waals surface area contributed by atoms with Crippen molar-refractivity contribution in [2.75, 3.05) is 37.0 Å². The zero-order valence-corrected chi connectivity index (χ0v) is 21.5. The lowest BCUT2D eigenvalue weighted by molar-refractivity contribution is -0.137. The van der Waals surface area contributed by atoms with Crippen molar-refractivity contribution in [3.8, 4) is 11.6 Å². The number of carbonyl (C=O) groups excluding carboxylic acids is 2. The van der Waals surface area contributed by atoms with Gasteiger partial charge in [0, 0.05) is 61.5 Å². The average Bonchev–Trinajstić information content (AvgIpc) is 3.30. The lowest BCUT2D eigenvalue weighted by atomic mass is 9.95. The largest absolute Gasteiger partial charge is 0.494 e. The van der Waals surface area contributed by atoms with E-state index >= 15 is 0 Å². The number of hydrogen-bond acceptors (Lipinski definition) is 6. The molecule has 5 rings (SSSR count). The zero-order valence-electron chi connectivity index (χ0n) is 21.5. The Kier molecular flexibility index (Phi) is 6.99. The number of hydrogen-bond donors (Lipinski definition) is 1. The summed E-state index contributed by atoms with van der Waals surface area (Å²) in [5, 5.41) is 3.06. The fourth-order valence-electron chi connectivity index (χ4n) is 5.26. The van der Waals surface area contributed by atoms with Crippen LogP contribution in [0.5, 0.6) is 11.6 Å². The van der Waals surface area contributed by atoms with Gasteiger partial charge in [-0.3, -0.25) is 9.59 Å². The van der Waals surface area contributed by atoms with E-state index in [1.165, 1.54) is 12.5 Å². The predicted octanol–water partition coefficient (Wildman–Crippen LogP) is 4.14. The van der Waals surface area contributed by atoms with Crippen LogP contribution in [0, 0.1) is 0 Å². The van der Waals surface area contributed by atoms with E-state index in [0.29, 0.717) is 25.5 Å². The van der Waals surface area contributed by atoms with E-state index in [4.69, 9.17) is 9.47 Å². The van der Waals surface area contributed by atoms with E-state index in [0.717, 1.165) is 53.5 Å². The summed E-state index contributed by atoms with van der Waals surface area (Å²) in [4.78, 5) is 34.4. The molecular formula is C29H32N4O4. The Labute approximate surface area is 217 Å². The number of nitrogens with zero attached hydrogens (tertiary/aromatic N) is 3. The highest BCUT2D eigenvalue weighted by Crippen LogP contribution is 2.35. The van der Waals surface area contributed by atoms with Gasteiger partial charge in [-0.1, -0.05) is 18.2 Å². The van der Waals surface area contributed by atoms with E-state index in [9.17, 15) is 9.59 Å². The number of pyridine rings is 1. The normalized spacial score (nSPS) is 16.1. The van der Waals surface area contributed by atoms with Gasteiger partial charge in [-0.25, -0.2) is 4.98 Å². The van der Waals surface area contributed by atoms with Crippen molar-refractivity contribution in [1.82, 2.24) is 9.88 Å². The standard InChI is InChI=1S/C29H32N4O4/c1-4-37-26-8-6-5-7-21(26)18-32-15-13-20-17-22(9-11-25(20)32)30-29(35)28-23-10-12-27(36-3)31-24(23)14-16-33(28)19(2)34/h5-12,17,28H,4,13-16,18H2,1-3H3,(H,30,35)/t28-/m1/s1. The summed E-state index contributed by atoms with van der Waals surface area (Å²) in [5.41, 5.74) is 5.74. The maximum atomic E-state index is 13.5. The number of rotatable bonds is 7. The summed E-state index contributed by atoms with van der Waals surface area (Å²) < 4.78 is 11.1. The van der Waals surface area contributed by atoms with Gasteiger partial charge in [-0.15, -0.1) is 0 Å². The lowest BCUT2D eigenvalue weighted by Gasteiger charge is -2.35. The van der Waals surface area contributed by atoms with Gasteiger partial charge in [0.25, 0.3) is 5.91 Å². The van der Waals surface area contributed by atoms with Crippen molar-refractivity contribution in [2.45, 2.75) is 39.3 Å². The first kappa shape index (κ1) is 24.6. The highest BCUT2D eigenvalue weighted by Gasteiger charge is 2.35. The Morgan fingerprint density at radius 1 is 1.08 bits per heavy atom. The summed E-state index contributed by atoms with van der Waals surface area (Å²) in [6.07, 6.45) is 1.47. The topological polar surface area (TPSA) is 84.0 Å². The van der Waals surface area contributed by atoms with Gasteiger partial charge in [-0.05, 0) is 49.2 Å². The number of benzene rings is 2.